The van der Waals surface area contributed by atoms with Gasteiger partial charge < -0.3 is 9.47 Å². The fourth-order valence-electron chi connectivity index (χ4n) is 3.18. The number of methoxy groups -OCH3 is 2. The number of halogens is 1. The van der Waals surface area contributed by atoms with Gasteiger partial charge in [-0.2, -0.15) is 0 Å². The van der Waals surface area contributed by atoms with Crippen LogP contribution in [0.15, 0.2) is 47.6 Å². The Labute approximate surface area is 176 Å². The average Bonchev–Trinajstić information content (AvgIpc) is 3.16. The second-order valence-corrected chi connectivity index (χ2v) is 7.83. The van der Waals surface area contributed by atoms with E-state index in [4.69, 9.17) is 21.1 Å². The number of hydrogen-bond donors (Lipinski definition) is 0. The van der Waals surface area contributed by atoms with Crippen LogP contribution >= 0.6 is 23.4 Å². The summed E-state index contributed by atoms with van der Waals surface area (Å²) >= 11 is 7.24. The lowest BCUT2D eigenvalue weighted by molar-refractivity contribution is 0.102. The third-order valence-corrected chi connectivity index (χ3v) is 5.81. The SMILES string of the molecule is COc1cc2cc(C)c3nnc(SCC(=O)c4ccc(Cl)cc4)n3c2cc1OC. The number of ketones is 1. The summed E-state index contributed by atoms with van der Waals surface area (Å²) in [6, 6.07) is 12.7. The number of aromatic nitrogens is 3. The molecule has 0 aliphatic carbocycles. The highest BCUT2D eigenvalue weighted by Crippen LogP contribution is 2.34. The quantitative estimate of drug-likeness (QED) is 0.324. The molecule has 0 saturated carbocycles. The molecule has 2 heterocycles. The van der Waals surface area contributed by atoms with Crippen LogP contribution in [0.3, 0.4) is 0 Å². The molecule has 0 atom stereocenters. The number of rotatable bonds is 6. The first-order chi connectivity index (χ1) is 14.0. The van der Waals surface area contributed by atoms with Crippen LogP contribution in [0.1, 0.15) is 15.9 Å². The Bertz CT molecular complexity index is 1220. The Kier molecular flexibility index (Phi) is 5.34. The number of hydrogen-bond acceptors (Lipinski definition) is 6. The van der Waals surface area contributed by atoms with Gasteiger partial charge in [-0.3, -0.25) is 9.20 Å². The number of benzene rings is 2. The Hall–Kier alpha value is -2.77. The third-order valence-electron chi connectivity index (χ3n) is 4.63. The number of nitrogens with zero attached hydrogens (tertiary/aromatic N) is 3. The summed E-state index contributed by atoms with van der Waals surface area (Å²) < 4.78 is 12.8. The van der Waals surface area contributed by atoms with Crippen molar-refractivity contribution in [2.75, 3.05) is 20.0 Å². The number of ether oxygens (including phenoxy) is 2. The predicted molar refractivity (Wildman–Crippen MR) is 115 cm³/mol. The highest BCUT2D eigenvalue weighted by Gasteiger charge is 2.17. The van der Waals surface area contributed by atoms with Gasteiger partial charge in [0.05, 0.1) is 25.5 Å². The molecule has 0 aliphatic rings. The van der Waals surface area contributed by atoms with E-state index in [2.05, 4.69) is 10.2 Å². The number of Topliss-reactive ketones (excluding diaryl/α,β-unsaturated/α-hetero) is 1. The predicted octanol–water partition coefficient (Wildman–Crippen LogP) is 4.84. The van der Waals surface area contributed by atoms with Crippen LogP contribution in [0.5, 0.6) is 11.5 Å². The zero-order chi connectivity index (χ0) is 20.5. The van der Waals surface area contributed by atoms with E-state index in [-0.39, 0.29) is 11.5 Å². The van der Waals surface area contributed by atoms with Gasteiger partial charge in [-0.05, 0) is 48.9 Å². The van der Waals surface area contributed by atoms with Gasteiger partial charge in [-0.1, -0.05) is 23.4 Å². The number of fused-ring (bicyclic) bond motifs is 3. The van der Waals surface area contributed by atoms with E-state index >= 15 is 0 Å². The molecule has 0 aliphatic heterocycles. The minimum Gasteiger partial charge on any atom is -0.493 e. The minimum absolute atomic E-state index is 0.000347. The van der Waals surface area contributed by atoms with Crippen LogP contribution in [0, 0.1) is 6.92 Å². The second-order valence-electron chi connectivity index (χ2n) is 6.45. The lowest BCUT2D eigenvalue weighted by Crippen LogP contribution is -2.03. The first-order valence-corrected chi connectivity index (χ1v) is 10.2. The summed E-state index contributed by atoms with van der Waals surface area (Å²) in [4.78, 5) is 12.5. The highest BCUT2D eigenvalue weighted by atomic mass is 35.5. The maximum absolute atomic E-state index is 12.5. The van der Waals surface area contributed by atoms with Crippen molar-refractivity contribution in [1.29, 1.82) is 0 Å². The van der Waals surface area contributed by atoms with E-state index in [0.29, 0.717) is 27.2 Å². The van der Waals surface area contributed by atoms with Crippen LogP contribution in [0.4, 0.5) is 0 Å². The van der Waals surface area contributed by atoms with Crippen molar-refractivity contribution >= 4 is 45.7 Å². The Balaban J connectivity index is 1.74. The van der Waals surface area contributed by atoms with Crippen molar-refractivity contribution in [3.8, 4) is 11.5 Å². The van der Waals surface area contributed by atoms with Gasteiger partial charge in [0, 0.05) is 22.0 Å². The lowest BCUT2D eigenvalue weighted by atomic mass is 10.1. The summed E-state index contributed by atoms with van der Waals surface area (Å²) in [6.45, 7) is 1.98. The molecular formula is C21H18ClN3O3S. The molecule has 0 bridgehead atoms. The van der Waals surface area contributed by atoms with Crippen molar-refractivity contribution in [3.63, 3.8) is 0 Å². The molecule has 148 valence electrons. The molecular weight excluding hydrogens is 410 g/mol. The van der Waals surface area contributed by atoms with E-state index in [9.17, 15) is 4.79 Å². The standard InChI is InChI=1S/C21H18ClN3O3S/c1-12-8-14-9-18(27-2)19(28-3)10-16(14)25-20(12)23-24-21(25)29-11-17(26)13-4-6-15(22)7-5-13/h4-10H,11H2,1-3H3. The monoisotopic (exact) mass is 427 g/mol. The zero-order valence-electron chi connectivity index (χ0n) is 16.1. The van der Waals surface area contributed by atoms with E-state index in [1.54, 1.807) is 38.5 Å². The van der Waals surface area contributed by atoms with Gasteiger partial charge in [0.2, 0.25) is 0 Å². The summed E-state index contributed by atoms with van der Waals surface area (Å²) in [5.74, 6) is 1.51. The van der Waals surface area contributed by atoms with Gasteiger partial charge in [0.15, 0.2) is 28.1 Å². The molecule has 0 radical (unpaired) electrons. The molecule has 29 heavy (non-hydrogen) atoms. The molecule has 4 rings (SSSR count). The van der Waals surface area contributed by atoms with Gasteiger partial charge in [0.1, 0.15) is 0 Å². The molecule has 0 spiro atoms. The van der Waals surface area contributed by atoms with Gasteiger partial charge in [0.25, 0.3) is 0 Å². The van der Waals surface area contributed by atoms with E-state index < -0.39 is 0 Å². The summed E-state index contributed by atoms with van der Waals surface area (Å²) in [7, 11) is 3.21. The third kappa shape index (κ3) is 3.63. The summed E-state index contributed by atoms with van der Waals surface area (Å²) in [5, 5.41) is 10.8. The molecule has 8 heteroatoms. The smallest absolute Gasteiger partial charge is 0.196 e. The van der Waals surface area contributed by atoms with Crippen LogP contribution in [-0.4, -0.2) is 40.4 Å². The number of aryl methyl sites for hydroxylation is 1. The first kappa shape index (κ1) is 19.5. The van der Waals surface area contributed by atoms with Crippen molar-refractivity contribution < 1.29 is 14.3 Å². The van der Waals surface area contributed by atoms with Crippen LogP contribution in [0.25, 0.3) is 16.6 Å². The van der Waals surface area contributed by atoms with E-state index in [1.807, 2.05) is 29.5 Å². The molecule has 0 N–H and O–H groups in total. The summed E-state index contributed by atoms with van der Waals surface area (Å²) in [6.07, 6.45) is 0. The molecule has 4 aromatic rings. The van der Waals surface area contributed by atoms with Crippen molar-refractivity contribution in [2.45, 2.75) is 12.1 Å². The molecule has 0 fully saturated rings. The molecule has 2 aromatic carbocycles. The van der Waals surface area contributed by atoms with Crippen molar-refractivity contribution in [1.82, 2.24) is 14.6 Å². The molecule has 0 amide bonds. The molecule has 0 saturated heterocycles. The summed E-state index contributed by atoms with van der Waals surface area (Å²) in [5.41, 5.74) is 3.22. The number of thioether (sulfide) groups is 1. The van der Waals surface area contributed by atoms with Crippen LogP contribution in [-0.2, 0) is 0 Å². The highest BCUT2D eigenvalue weighted by molar-refractivity contribution is 7.99. The maximum atomic E-state index is 12.5. The lowest BCUT2D eigenvalue weighted by Gasteiger charge is -2.12. The first-order valence-electron chi connectivity index (χ1n) is 8.84. The maximum Gasteiger partial charge on any atom is 0.196 e. The Morgan fingerprint density at radius 2 is 1.76 bits per heavy atom. The molecule has 6 nitrogen and oxygen atoms in total. The van der Waals surface area contributed by atoms with Crippen LogP contribution in [0.2, 0.25) is 5.02 Å². The number of pyridine rings is 1. The van der Waals surface area contributed by atoms with Gasteiger partial charge >= 0.3 is 0 Å². The average molecular weight is 428 g/mol. The Morgan fingerprint density at radius 3 is 2.45 bits per heavy atom. The van der Waals surface area contributed by atoms with Crippen LogP contribution < -0.4 is 9.47 Å². The van der Waals surface area contributed by atoms with Crippen molar-refractivity contribution in [2.24, 2.45) is 0 Å². The minimum atomic E-state index is -0.000347. The van der Waals surface area contributed by atoms with Gasteiger partial charge in [-0.15, -0.1) is 10.2 Å². The number of carbonyl (C=O) groups excluding carboxylic acids is 1. The topological polar surface area (TPSA) is 65.7 Å². The largest absolute Gasteiger partial charge is 0.493 e. The second kappa shape index (κ2) is 7.93. The fourth-order valence-corrected chi connectivity index (χ4v) is 4.14. The van der Waals surface area contributed by atoms with Crippen molar-refractivity contribution in [3.05, 3.63) is 58.6 Å². The fraction of sp³-hybridized carbons (Fsp3) is 0.190. The van der Waals surface area contributed by atoms with Gasteiger partial charge in [-0.25, -0.2) is 0 Å². The van der Waals surface area contributed by atoms with E-state index in [0.717, 1.165) is 22.1 Å². The normalized spacial score (nSPS) is 11.2. The number of carbonyl (C=O) groups is 1. The zero-order valence-corrected chi connectivity index (χ0v) is 17.7. The molecule has 0 unspecified atom stereocenters. The van der Waals surface area contributed by atoms with E-state index in [1.165, 1.54) is 11.8 Å². The molecule has 2 aromatic heterocycles. The Morgan fingerprint density at radius 1 is 1.07 bits per heavy atom.